The Labute approximate surface area is 144 Å². The summed E-state index contributed by atoms with van der Waals surface area (Å²) in [7, 11) is 4.05. The fraction of sp³-hybridized carbons (Fsp3) is 0.533. The van der Waals surface area contributed by atoms with Gasteiger partial charge in [0.05, 0.1) is 12.7 Å². The van der Waals surface area contributed by atoms with Crippen molar-refractivity contribution in [1.82, 2.24) is 10.2 Å². The molecule has 2 atom stereocenters. The van der Waals surface area contributed by atoms with Crippen molar-refractivity contribution in [2.45, 2.75) is 25.6 Å². The van der Waals surface area contributed by atoms with Gasteiger partial charge in [-0.2, -0.15) is 0 Å². The van der Waals surface area contributed by atoms with Crippen LogP contribution in [0.25, 0.3) is 0 Å². The zero-order chi connectivity index (χ0) is 14.5. The van der Waals surface area contributed by atoms with Crippen LogP contribution in [0.5, 0.6) is 0 Å². The summed E-state index contributed by atoms with van der Waals surface area (Å²) in [5.74, 6) is -0.0424. The summed E-state index contributed by atoms with van der Waals surface area (Å²) in [5.41, 5.74) is 2.00. The Morgan fingerprint density at radius 2 is 2.14 bits per heavy atom. The van der Waals surface area contributed by atoms with Gasteiger partial charge in [-0.05, 0) is 38.7 Å². The van der Waals surface area contributed by atoms with Gasteiger partial charge in [0.15, 0.2) is 0 Å². The summed E-state index contributed by atoms with van der Waals surface area (Å²) in [4.78, 5) is 14.3. The number of nitrogens with one attached hydrogen (secondary N) is 2. The minimum atomic E-state index is -0.291. The van der Waals surface area contributed by atoms with E-state index in [-0.39, 0.29) is 42.9 Å². The minimum absolute atomic E-state index is 0. The Hall–Kier alpha value is -0.850. The third-order valence-electron chi connectivity index (χ3n) is 3.29. The number of carbonyl (C=O) groups is 1. The lowest BCUT2D eigenvalue weighted by atomic mass is 10.1. The lowest BCUT2D eigenvalue weighted by Gasteiger charge is -2.29. The van der Waals surface area contributed by atoms with E-state index in [4.69, 9.17) is 4.74 Å². The number of rotatable bonds is 4. The lowest BCUT2D eigenvalue weighted by Crippen LogP contribution is -2.53. The topological polar surface area (TPSA) is 53.6 Å². The second kappa shape index (κ2) is 10.0. The lowest BCUT2D eigenvalue weighted by molar-refractivity contribution is -0.123. The summed E-state index contributed by atoms with van der Waals surface area (Å²) >= 11 is 0. The average molecular weight is 350 g/mol. The molecule has 22 heavy (non-hydrogen) atoms. The highest BCUT2D eigenvalue weighted by molar-refractivity contribution is 5.95. The molecular formula is C15H25Cl2N3O2. The van der Waals surface area contributed by atoms with Gasteiger partial charge in [0.1, 0.15) is 6.04 Å². The molecule has 0 unspecified atom stereocenters. The molecule has 7 heteroatoms. The van der Waals surface area contributed by atoms with E-state index in [1.165, 1.54) is 5.56 Å². The zero-order valence-electron chi connectivity index (χ0n) is 13.2. The van der Waals surface area contributed by atoms with E-state index in [9.17, 15) is 4.79 Å². The van der Waals surface area contributed by atoms with Crippen molar-refractivity contribution >= 4 is 36.4 Å². The van der Waals surface area contributed by atoms with Crippen molar-refractivity contribution in [2.24, 2.45) is 0 Å². The SMILES string of the molecule is C[C@H]1OCCN[C@@H]1C(=O)Nc1cccc(CN(C)C)c1.Cl.Cl. The molecular weight excluding hydrogens is 325 g/mol. The van der Waals surface area contributed by atoms with E-state index in [1.54, 1.807) is 0 Å². The Bertz CT molecular complexity index is 472. The normalized spacial score (nSPS) is 20.7. The molecule has 0 saturated carbocycles. The van der Waals surface area contributed by atoms with Gasteiger partial charge in [0.25, 0.3) is 0 Å². The molecule has 2 rings (SSSR count). The van der Waals surface area contributed by atoms with Crippen molar-refractivity contribution < 1.29 is 9.53 Å². The largest absolute Gasteiger partial charge is 0.375 e. The smallest absolute Gasteiger partial charge is 0.244 e. The van der Waals surface area contributed by atoms with E-state index in [0.29, 0.717) is 13.2 Å². The summed E-state index contributed by atoms with van der Waals surface area (Å²) < 4.78 is 5.50. The predicted molar refractivity (Wildman–Crippen MR) is 94.2 cm³/mol. The predicted octanol–water partition coefficient (Wildman–Crippen LogP) is 1.91. The van der Waals surface area contributed by atoms with Crippen molar-refractivity contribution in [3.63, 3.8) is 0 Å². The highest BCUT2D eigenvalue weighted by Crippen LogP contribution is 2.13. The molecule has 1 amide bonds. The van der Waals surface area contributed by atoms with Crippen LogP contribution in [0.15, 0.2) is 24.3 Å². The zero-order valence-corrected chi connectivity index (χ0v) is 14.8. The van der Waals surface area contributed by atoms with Crippen LogP contribution in [0.4, 0.5) is 5.69 Å². The Balaban J connectivity index is 0.00000220. The number of nitrogens with zero attached hydrogens (tertiary/aromatic N) is 1. The van der Waals surface area contributed by atoms with Crippen LogP contribution in [0.2, 0.25) is 0 Å². The quantitative estimate of drug-likeness (QED) is 0.871. The first-order valence-electron chi connectivity index (χ1n) is 6.96. The van der Waals surface area contributed by atoms with Crippen LogP contribution in [-0.2, 0) is 16.1 Å². The van der Waals surface area contributed by atoms with Gasteiger partial charge in [0.2, 0.25) is 5.91 Å². The van der Waals surface area contributed by atoms with Crippen LogP contribution in [0.3, 0.4) is 0 Å². The molecule has 5 nitrogen and oxygen atoms in total. The molecule has 1 aliphatic heterocycles. The Morgan fingerprint density at radius 3 is 2.77 bits per heavy atom. The van der Waals surface area contributed by atoms with Crippen molar-refractivity contribution in [2.75, 3.05) is 32.6 Å². The molecule has 126 valence electrons. The number of benzene rings is 1. The summed E-state index contributed by atoms with van der Waals surface area (Å²) in [6.07, 6.45) is -0.103. The molecule has 0 spiro atoms. The van der Waals surface area contributed by atoms with Gasteiger partial charge in [-0.25, -0.2) is 0 Å². The first-order chi connectivity index (χ1) is 9.56. The van der Waals surface area contributed by atoms with Crippen LogP contribution in [-0.4, -0.2) is 50.2 Å². The van der Waals surface area contributed by atoms with E-state index >= 15 is 0 Å². The molecule has 1 aliphatic rings. The van der Waals surface area contributed by atoms with Gasteiger partial charge in [-0.3, -0.25) is 4.79 Å². The van der Waals surface area contributed by atoms with E-state index in [0.717, 1.165) is 12.2 Å². The van der Waals surface area contributed by atoms with Crippen LogP contribution in [0.1, 0.15) is 12.5 Å². The summed E-state index contributed by atoms with van der Waals surface area (Å²) in [6.45, 7) is 4.14. The summed E-state index contributed by atoms with van der Waals surface area (Å²) in [6, 6.07) is 7.64. The molecule has 2 N–H and O–H groups in total. The van der Waals surface area contributed by atoms with E-state index < -0.39 is 0 Å². The number of amides is 1. The van der Waals surface area contributed by atoms with Crippen molar-refractivity contribution in [3.8, 4) is 0 Å². The van der Waals surface area contributed by atoms with Gasteiger partial charge < -0.3 is 20.3 Å². The molecule has 1 aromatic rings. The summed E-state index contributed by atoms with van der Waals surface area (Å²) in [5, 5.41) is 6.15. The number of anilines is 1. The highest BCUT2D eigenvalue weighted by Gasteiger charge is 2.28. The fourth-order valence-electron chi connectivity index (χ4n) is 2.36. The molecule has 0 radical (unpaired) electrons. The fourth-order valence-corrected chi connectivity index (χ4v) is 2.36. The van der Waals surface area contributed by atoms with Gasteiger partial charge in [-0.15, -0.1) is 24.8 Å². The Morgan fingerprint density at radius 1 is 1.41 bits per heavy atom. The number of halogens is 2. The monoisotopic (exact) mass is 349 g/mol. The average Bonchev–Trinajstić information content (AvgIpc) is 2.38. The second-order valence-electron chi connectivity index (χ2n) is 5.44. The van der Waals surface area contributed by atoms with Crippen molar-refractivity contribution in [3.05, 3.63) is 29.8 Å². The standard InChI is InChI=1S/C15H23N3O2.2ClH/c1-11-14(16-7-8-20-11)15(19)17-13-6-4-5-12(9-13)10-18(2)3;;/h4-6,9,11,14,16H,7-8,10H2,1-3H3,(H,17,19);2*1H/t11-,14+;;/m1../s1. The number of carbonyl (C=O) groups excluding carboxylic acids is 1. The molecule has 0 aromatic heterocycles. The maximum Gasteiger partial charge on any atom is 0.244 e. The van der Waals surface area contributed by atoms with E-state index in [1.807, 2.05) is 39.2 Å². The van der Waals surface area contributed by atoms with Gasteiger partial charge in [-0.1, -0.05) is 12.1 Å². The molecule has 0 aliphatic carbocycles. The van der Waals surface area contributed by atoms with E-state index in [2.05, 4.69) is 21.6 Å². The molecule has 0 bridgehead atoms. The maximum atomic E-state index is 12.2. The van der Waals surface area contributed by atoms with Gasteiger partial charge in [0, 0.05) is 18.8 Å². The third kappa shape index (κ3) is 6.10. The minimum Gasteiger partial charge on any atom is -0.375 e. The Kier molecular flexibility index (Phi) is 9.64. The molecule has 1 saturated heterocycles. The third-order valence-corrected chi connectivity index (χ3v) is 3.29. The van der Waals surface area contributed by atoms with Crippen LogP contribution >= 0.6 is 24.8 Å². The molecule has 1 fully saturated rings. The maximum absolute atomic E-state index is 12.2. The second-order valence-corrected chi connectivity index (χ2v) is 5.44. The number of morpholine rings is 1. The number of ether oxygens (including phenoxy) is 1. The number of hydrogen-bond donors (Lipinski definition) is 2. The first kappa shape index (κ1) is 21.1. The number of hydrogen-bond acceptors (Lipinski definition) is 4. The molecule has 1 heterocycles. The molecule has 1 aromatic carbocycles. The van der Waals surface area contributed by atoms with Crippen LogP contribution in [0, 0.1) is 0 Å². The van der Waals surface area contributed by atoms with Crippen molar-refractivity contribution in [1.29, 1.82) is 0 Å². The highest BCUT2D eigenvalue weighted by atomic mass is 35.5. The van der Waals surface area contributed by atoms with Gasteiger partial charge >= 0.3 is 0 Å². The van der Waals surface area contributed by atoms with Crippen LogP contribution < -0.4 is 10.6 Å². The first-order valence-corrected chi connectivity index (χ1v) is 6.96.